The Labute approximate surface area is 137 Å². The Kier molecular flexibility index (Phi) is 3.23. The number of carbonyl (C=O) groups excluding carboxylic acids is 2. The highest BCUT2D eigenvalue weighted by Gasteiger charge is 2.33. The van der Waals surface area contributed by atoms with Crippen molar-refractivity contribution in [1.82, 2.24) is 4.98 Å². The van der Waals surface area contributed by atoms with E-state index < -0.39 is 5.92 Å². The summed E-state index contributed by atoms with van der Waals surface area (Å²) in [4.78, 5) is 29.0. The Bertz CT molecular complexity index is 945. The van der Waals surface area contributed by atoms with E-state index in [4.69, 9.17) is 0 Å². The van der Waals surface area contributed by atoms with Gasteiger partial charge in [0.15, 0.2) is 5.78 Å². The third-order valence-electron chi connectivity index (χ3n) is 4.10. The lowest BCUT2D eigenvalue weighted by molar-refractivity contribution is -0.117. The Morgan fingerprint density at radius 1 is 1.26 bits per heavy atom. The molecule has 23 heavy (non-hydrogen) atoms. The van der Waals surface area contributed by atoms with Gasteiger partial charge in [0.05, 0.1) is 21.1 Å². The van der Waals surface area contributed by atoms with Crippen molar-refractivity contribution in [3.05, 3.63) is 58.6 Å². The topological polar surface area (TPSA) is 59.1 Å². The number of amides is 1. The molecule has 0 fully saturated rings. The predicted molar refractivity (Wildman–Crippen MR) is 91.1 cm³/mol. The van der Waals surface area contributed by atoms with Gasteiger partial charge in [0.1, 0.15) is 0 Å². The minimum absolute atomic E-state index is 0.0336. The van der Waals surface area contributed by atoms with Crippen LogP contribution < -0.4 is 5.32 Å². The van der Waals surface area contributed by atoms with Crippen LogP contribution in [0.15, 0.2) is 42.5 Å². The van der Waals surface area contributed by atoms with Crippen LogP contribution in [0.1, 0.15) is 33.3 Å². The van der Waals surface area contributed by atoms with Gasteiger partial charge in [0.25, 0.3) is 0 Å². The number of benzene rings is 2. The smallest absolute Gasteiger partial charge is 0.232 e. The van der Waals surface area contributed by atoms with Crippen LogP contribution in [0.25, 0.3) is 10.2 Å². The summed E-state index contributed by atoms with van der Waals surface area (Å²) in [7, 11) is 0. The van der Waals surface area contributed by atoms with Crippen molar-refractivity contribution in [2.45, 2.75) is 19.3 Å². The van der Waals surface area contributed by atoms with Crippen molar-refractivity contribution in [2.24, 2.45) is 0 Å². The number of anilines is 1. The van der Waals surface area contributed by atoms with E-state index in [0.717, 1.165) is 20.8 Å². The average Bonchev–Trinajstić information content (AvgIpc) is 3.07. The second-order valence-corrected chi connectivity index (χ2v) is 6.91. The van der Waals surface area contributed by atoms with Crippen LogP contribution in [0.3, 0.4) is 0 Å². The number of nitrogens with one attached hydrogen (secondary N) is 1. The fraction of sp³-hybridized carbons (Fsp3) is 0.167. The largest absolute Gasteiger partial charge is 0.325 e. The van der Waals surface area contributed by atoms with E-state index in [9.17, 15) is 9.59 Å². The first-order chi connectivity index (χ1) is 11.1. The van der Waals surface area contributed by atoms with E-state index in [-0.39, 0.29) is 18.1 Å². The number of thiazole rings is 1. The Balaban J connectivity index is 1.61. The average molecular weight is 322 g/mol. The minimum atomic E-state index is -0.411. The second kappa shape index (κ2) is 5.28. The van der Waals surface area contributed by atoms with E-state index in [0.29, 0.717) is 11.3 Å². The summed E-state index contributed by atoms with van der Waals surface area (Å²) in [6.45, 7) is 1.96. The first kappa shape index (κ1) is 14.1. The number of carbonyl (C=O) groups is 2. The van der Waals surface area contributed by atoms with Crippen LogP contribution in [-0.2, 0) is 4.79 Å². The Hall–Kier alpha value is -2.53. The summed E-state index contributed by atoms with van der Waals surface area (Å²) >= 11 is 1.63. The molecular weight excluding hydrogens is 308 g/mol. The van der Waals surface area contributed by atoms with Crippen molar-refractivity contribution in [3.63, 3.8) is 0 Å². The SMILES string of the molecule is Cc1nc2cc(NC(=O)C3CC(=O)c4ccccc43)ccc2s1. The van der Waals surface area contributed by atoms with Gasteiger partial charge in [-0.15, -0.1) is 11.3 Å². The number of rotatable bonds is 2. The lowest BCUT2D eigenvalue weighted by Crippen LogP contribution is -2.19. The lowest BCUT2D eigenvalue weighted by atomic mass is 10.0. The van der Waals surface area contributed by atoms with Gasteiger partial charge in [-0.1, -0.05) is 24.3 Å². The fourth-order valence-electron chi connectivity index (χ4n) is 3.04. The van der Waals surface area contributed by atoms with Crippen molar-refractivity contribution in [2.75, 3.05) is 5.32 Å². The highest BCUT2D eigenvalue weighted by molar-refractivity contribution is 7.18. The third-order valence-corrected chi connectivity index (χ3v) is 5.06. The van der Waals surface area contributed by atoms with Crippen LogP contribution in [0, 0.1) is 6.92 Å². The molecule has 114 valence electrons. The zero-order valence-electron chi connectivity index (χ0n) is 12.5. The molecule has 4 nitrogen and oxygen atoms in total. The summed E-state index contributed by atoms with van der Waals surface area (Å²) in [5.41, 5.74) is 3.08. The maximum Gasteiger partial charge on any atom is 0.232 e. The highest BCUT2D eigenvalue weighted by atomic mass is 32.1. The fourth-order valence-corrected chi connectivity index (χ4v) is 3.85. The molecule has 5 heteroatoms. The minimum Gasteiger partial charge on any atom is -0.325 e. The molecule has 2 aromatic carbocycles. The standard InChI is InChI=1S/C18H14N2O2S/c1-10-19-15-8-11(6-7-17(15)23-10)20-18(22)14-9-16(21)13-5-3-2-4-12(13)14/h2-8,14H,9H2,1H3,(H,20,22). The van der Waals surface area contributed by atoms with Crippen molar-refractivity contribution in [1.29, 1.82) is 0 Å². The summed E-state index contributed by atoms with van der Waals surface area (Å²) in [6.07, 6.45) is 0.239. The summed E-state index contributed by atoms with van der Waals surface area (Å²) in [5.74, 6) is -0.521. The summed E-state index contributed by atoms with van der Waals surface area (Å²) in [6, 6.07) is 13.0. The van der Waals surface area contributed by atoms with Gasteiger partial charge >= 0.3 is 0 Å². The molecule has 1 heterocycles. The van der Waals surface area contributed by atoms with E-state index in [1.807, 2.05) is 43.3 Å². The number of fused-ring (bicyclic) bond motifs is 2. The molecule has 1 amide bonds. The van der Waals surface area contributed by atoms with Gasteiger partial charge in [0, 0.05) is 17.7 Å². The quantitative estimate of drug-likeness (QED) is 0.778. The molecule has 0 spiro atoms. The van der Waals surface area contributed by atoms with Crippen LogP contribution >= 0.6 is 11.3 Å². The molecule has 1 aromatic heterocycles. The Morgan fingerprint density at radius 2 is 2.09 bits per heavy atom. The molecule has 0 saturated carbocycles. The maximum atomic E-state index is 12.6. The van der Waals surface area contributed by atoms with Crippen LogP contribution in [0.5, 0.6) is 0 Å². The van der Waals surface area contributed by atoms with Crippen LogP contribution in [-0.4, -0.2) is 16.7 Å². The zero-order chi connectivity index (χ0) is 16.0. The molecule has 4 rings (SSSR count). The number of hydrogen-bond acceptors (Lipinski definition) is 4. The molecule has 1 aliphatic rings. The van der Waals surface area contributed by atoms with Gasteiger partial charge in [-0.05, 0) is 30.7 Å². The van der Waals surface area contributed by atoms with Gasteiger partial charge in [-0.2, -0.15) is 0 Å². The number of ketones is 1. The molecule has 1 N–H and O–H groups in total. The number of aryl methyl sites for hydroxylation is 1. The van der Waals surface area contributed by atoms with Crippen LogP contribution in [0.2, 0.25) is 0 Å². The highest BCUT2D eigenvalue weighted by Crippen LogP contribution is 2.34. The number of aromatic nitrogens is 1. The molecule has 0 bridgehead atoms. The zero-order valence-corrected chi connectivity index (χ0v) is 13.3. The van der Waals surface area contributed by atoms with E-state index in [2.05, 4.69) is 10.3 Å². The first-order valence-electron chi connectivity index (χ1n) is 7.42. The third kappa shape index (κ3) is 2.43. The van der Waals surface area contributed by atoms with E-state index in [1.165, 1.54) is 0 Å². The van der Waals surface area contributed by atoms with E-state index in [1.54, 1.807) is 17.4 Å². The summed E-state index contributed by atoms with van der Waals surface area (Å²) in [5, 5.41) is 3.92. The molecule has 3 aromatic rings. The first-order valence-corrected chi connectivity index (χ1v) is 8.23. The molecule has 0 aliphatic heterocycles. The number of Topliss-reactive ketones (excluding diaryl/α,β-unsaturated/α-hetero) is 1. The second-order valence-electron chi connectivity index (χ2n) is 5.67. The monoisotopic (exact) mass is 322 g/mol. The molecule has 0 radical (unpaired) electrons. The lowest BCUT2D eigenvalue weighted by Gasteiger charge is -2.11. The van der Waals surface area contributed by atoms with Crippen molar-refractivity contribution < 1.29 is 9.59 Å². The molecule has 1 atom stereocenters. The normalized spacial score (nSPS) is 16.6. The summed E-state index contributed by atoms with van der Waals surface area (Å²) < 4.78 is 1.10. The van der Waals surface area contributed by atoms with E-state index >= 15 is 0 Å². The number of hydrogen-bond donors (Lipinski definition) is 1. The van der Waals surface area contributed by atoms with Crippen molar-refractivity contribution in [3.8, 4) is 0 Å². The molecule has 0 saturated heterocycles. The molecule has 1 aliphatic carbocycles. The molecular formula is C18H14N2O2S. The molecule has 1 unspecified atom stereocenters. The van der Waals surface area contributed by atoms with Gasteiger partial charge in [0.2, 0.25) is 5.91 Å². The number of nitrogens with zero attached hydrogens (tertiary/aromatic N) is 1. The predicted octanol–water partition coefficient (Wildman–Crippen LogP) is 3.91. The van der Waals surface area contributed by atoms with Gasteiger partial charge < -0.3 is 5.32 Å². The van der Waals surface area contributed by atoms with Crippen molar-refractivity contribution >= 4 is 38.9 Å². The van der Waals surface area contributed by atoms with Gasteiger partial charge in [-0.3, -0.25) is 9.59 Å². The van der Waals surface area contributed by atoms with Crippen LogP contribution in [0.4, 0.5) is 5.69 Å². The van der Waals surface area contributed by atoms with Gasteiger partial charge in [-0.25, -0.2) is 4.98 Å². The maximum absolute atomic E-state index is 12.6. The Morgan fingerprint density at radius 3 is 2.96 bits per heavy atom.